The Morgan fingerprint density at radius 3 is 2.63 bits per heavy atom. The lowest BCUT2D eigenvalue weighted by Crippen LogP contribution is -2.19. The Bertz CT molecular complexity index is 1180. The van der Waals surface area contributed by atoms with Crippen LogP contribution in [0, 0.1) is 10.1 Å². The predicted octanol–water partition coefficient (Wildman–Crippen LogP) is 4.76. The molecule has 1 saturated heterocycles. The highest BCUT2D eigenvalue weighted by Crippen LogP contribution is 2.33. The molecule has 1 aromatic heterocycles. The summed E-state index contributed by atoms with van der Waals surface area (Å²) in [7, 11) is 1.58. The molecule has 0 saturated carbocycles. The van der Waals surface area contributed by atoms with E-state index in [0.717, 1.165) is 5.75 Å². The van der Waals surface area contributed by atoms with Crippen molar-refractivity contribution in [3.05, 3.63) is 81.4 Å². The molecule has 0 aliphatic carbocycles. The van der Waals surface area contributed by atoms with Gasteiger partial charge in [0.2, 0.25) is 0 Å². The molecule has 1 aliphatic heterocycles. The SMILES string of the molecule is COc1ccc(N=C2NC(=O)/C(=C/c3ccc(-c4ccccc4[N+](=O)[O-])o3)S2)cc1. The number of carbonyl (C=O) groups excluding carboxylic acids is 1. The van der Waals surface area contributed by atoms with Crippen molar-refractivity contribution in [1.29, 1.82) is 0 Å². The van der Waals surface area contributed by atoms with Gasteiger partial charge in [0.05, 0.1) is 28.2 Å². The summed E-state index contributed by atoms with van der Waals surface area (Å²) >= 11 is 1.18. The predicted molar refractivity (Wildman–Crippen MR) is 115 cm³/mol. The number of furan rings is 1. The summed E-state index contributed by atoms with van der Waals surface area (Å²) < 4.78 is 10.8. The fourth-order valence-electron chi connectivity index (χ4n) is 2.80. The Labute approximate surface area is 175 Å². The quantitative estimate of drug-likeness (QED) is 0.362. The molecule has 0 bridgehead atoms. The number of benzene rings is 2. The standard InChI is InChI=1S/C21H15N3O5S/c1-28-14-8-6-13(7-9-14)22-21-23-20(25)19(30-21)12-15-10-11-18(29-15)16-4-2-3-5-17(16)24(26)27/h2-12H,1H3,(H,22,23,25)/b19-12-. The van der Waals surface area contributed by atoms with Crippen molar-refractivity contribution in [2.24, 2.45) is 4.99 Å². The second-order valence-electron chi connectivity index (χ2n) is 6.16. The zero-order chi connectivity index (χ0) is 21.1. The summed E-state index contributed by atoms with van der Waals surface area (Å²) in [6.07, 6.45) is 1.58. The van der Waals surface area contributed by atoms with Crippen molar-refractivity contribution >= 4 is 40.3 Å². The van der Waals surface area contributed by atoms with Gasteiger partial charge < -0.3 is 14.5 Å². The van der Waals surface area contributed by atoms with Crippen molar-refractivity contribution in [2.75, 3.05) is 7.11 Å². The lowest BCUT2D eigenvalue weighted by atomic mass is 10.1. The molecule has 150 valence electrons. The third-order valence-corrected chi connectivity index (χ3v) is 5.13. The Morgan fingerprint density at radius 2 is 1.90 bits per heavy atom. The third-order valence-electron chi connectivity index (χ3n) is 4.22. The second kappa shape index (κ2) is 8.26. The van der Waals surface area contributed by atoms with E-state index in [9.17, 15) is 14.9 Å². The Hall–Kier alpha value is -3.85. The lowest BCUT2D eigenvalue weighted by Gasteiger charge is -1.99. The van der Waals surface area contributed by atoms with E-state index in [4.69, 9.17) is 9.15 Å². The number of para-hydroxylation sites is 1. The topological polar surface area (TPSA) is 107 Å². The molecule has 8 nitrogen and oxygen atoms in total. The second-order valence-corrected chi connectivity index (χ2v) is 7.19. The van der Waals surface area contributed by atoms with E-state index >= 15 is 0 Å². The number of nitrogens with one attached hydrogen (secondary N) is 1. The van der Waals surface area contributed by atoms with E-state index in [1.165, 1.54) is 17.8 Å². The molecule has 0 unspecified atom stereocenters. The van der Waals surface area contributed by atoms with Gasteiger partial charge in [-0.1, -0.05) is 12.1 Å². The first-order valence-corrected chi connectivity index (χ1v) is 9.62. The molecule has 0 radical (unpaired) electrons. The van der Waals surface area contributed by atoms with E-state index in [-0.39, 0.29) is 11.6 Å². The summed E-state index contributed by atoms with van der Waals surface area (Å²) in [5.41, 5.74) is 1.00. The first-order valence-electron chi connectivity index (χ1n) is 8.81. The summed E-state index contributed by atoms with van der Waals surface area (Å²) in [6, 6.07) is 16.8. The van der Waals surface area contributed by atoms with Crippen LogP contribution in [-0.2, 0) is 4.79 Å². The van der Waals surface area contributed by atoms with Gasteiger partial charge in [0.15, 0.2) is 5.17 Å². The molecule has 3 aromatic rings. The number of nitro benzene ring substituents is 1. The number of methoxy groups -OCH3 is 1. The number of ether oxygens (including phenoxy) is 1. The average molecular weight is 421 g/mol. The molecule has 9 heteroatoms. The number of aliphatic imine (C=N–C) groups is 1. The fourth-order valence-corrected chi connectivity index (χ4v) is 3.62. The molecule has 0 spiro atoms. The number of hydrogen-bond donors (Lipinski definition) is 1. The molecular weight excluding hydrogens is 406 g/mol. The van der Waals surface area contributed by atoms with Gasteiger partial charge in [-0.25, -0.2) is 4.99 Å². The van der Waals surface area contributed by atoms with E-state index in [2.05, 4.69) is 10.3 Å². The minimum Gasteiger partial charge on any atom is -0.497 e. The monoisotopic (exact) mass is 421 g/mol. The Balaban J connectivity index is 1.55. The van der Waals surface area contributed by atoms with Crippen LogP contribution in [0.25, 0.3) is 17.4 Å². The van der Waals surface area contributed by atoms with Gasteiger partial charge in [-0.05, 0) is 54.2 Å². The fraction of sp³-hybridized carbons (Fsp3) is 0.0476. The Morgan fingerprint density at radius 1 is 1.13 bits per heavy atom. The number of carbonyl (C=O) groups is 1. The minimum atomic E-state index is -0.460. The minimum absolute atomic E-state index is 0.0482. The van der Waals surface area contributed by atoms with Crippen molar-refractivity contribution in [2.45, 2.75) is 0 Å². The molecule has 2 heterocycles. The number of hydrogen-bond acceptors (Lipinski definition) is 7. The van der Waals surface area contributed by atoms with Gasteiger partial charge >= 0.3 is 0 Å². The maximum atomic E-state index is 12.3. The van der Waals surface area contributed by atoms with Crippen LogP contribution in [0.1, 0.15) is 5.76 Å². The molecule has 1 N–H and O–H groups in total. The first-order chi connectivity index (χ1) is 14.5. The number of nitro groups is 1. The Kier molecular flexibility index (Phi) is 5.36. The smallest absolute Gasteiger partial charge is 0.280 e. The molecular formula is C21H15N3O5S. The molecule has 1 fully saturated rings. The number of nitrogens with zero attached hydrogens (tertiary/aromatic N) is 2. The first kappa shape index (κ1) is 19.5. The summed E-state index contributed by atoms with van der Waals surface area (Å²) in [5, 5.41) is 14.4. The van der Waals surface area contributed by atoms with E-state index in [0.29, 0.717) is 32.8 Å². The molecule has 2 aromatic carbocycles. The largest absolute Gasteiger partial charge is 0.497 e. The van der Waals surface area contributed by atoms with Gasteiger partial charge in [-0.15, -0.1) is 0 Å². The van der Waals surface area contributed by atoms with Gasteiger partial charge in [0, 0.05) is 12.1 Å². The van der Waals surface area contributed by atoms with Crippen LogP contribution < -0.4 is 10.1 Å². The van der Waals surface area contributed by atoms with E-state index < -0.39 is 4.92 Å². The molecule has 1 amide bonds. The van der Waals surface area contributed by atoms with Crippen LogP contribution in [0.2, 0.25) is 0 Å². The highest BCUT2D eigenvalue weighted by Gasteiger charge is 2.25. The zero-order valence-electron chi connectivity index (χ0n) is 15.7. The van der Waals surface area contributed by atoms with Gasteiger partial charge in [0.1, 0.15) is 17.3 Å². The highest BCUT2D eigenvalue weighted by molar-refractivity contribution is 8.18. The molecule has 0 atom stereocenters. The van der Waals surface area contributed by atoms with E-state index in [1.54, 1.807) is 67.8 Å². The van der Waals surface area contributed by atoms with Crippen LogP contribution in [0.3, 0.4) is 0 Å². The summed E-state index contributed by atoms with van der Waals surface area (Å²) in [4.78, 5) is 27.8. The van der Waals surface area contributed by atoms with Gasteiger partial charge in [0.25, 0.3) is 11.6 Å². The third kappa shape index (κ3) is 4.11. The normalized spacial score (nSPS) is 16.1. The summed E-state index contributed by atoms with van der Waals surface area (Å²) in [5.74, 6) is 1.18. The maximum absolute atomic E-state index is 12.3. The summed E-state index contributed by atoms with van der Waals surface area (Å²) in [6.45, 7) is 0. The van der Waals surface area contributed by atoms with Crippen molar-refractivity contribution in [1.82, 2.24) is 5.32 Å². The molecule has 4 rings (SSSR count). The van der Waals surface area contributed by atoms with Crippen LogP contribution >= 0.6 is 11.8 Å². The maximum Gasteiger partial charge on any atom is 0.280 e. The number of thioether (sulfide) groups is 1. The average Bonchev–Trinajstić information content (AvgIpc) is 3.35. The van der Waals surface area contributed by atoms with Crippen molar-refractivity contribution < 1.29 is 18.9 Å². The van der Waals surface area contributed by atoms with E-state index in [1.807, 2.05) is 0 Å². The van der Waals surface area contributed by atoms with Crippen LogP contribution in [0.15, 0.2) is 75.0 Å². The van der Waals surface area contributed by atoms with Crippen LogP contribution in [0.4, 0.5) is 11.4 Å². The molecule has 30 heavy (non-hydrogen) atoms. The number of amides is 1. The number of rotatable bonds is 5. The van der Waals surface area contributed by atoms with Gasteiger partial charge in [-0.3, -0.25) is 14.9 Å². The van der Waals surface area contributed by atoms with Gasteiger partial charge in [-0.2, -0.15) is 0 Å². The van der Waals surface area contributed by atoms with Crippen molar-refractivity contribution in [3.8, 4) is 17.1 Å². The zero-order valence-corrected chi connectivity index (χ0v) is 16.5. The highest BCUT2D eigenvalue weighted by atomic mass is 32.2. The lowest BCUT2D eigenvalue weighted by molar-refractivity contribution is -0.384. The molecule has 1 aliphatic rings. The number of amidine groups is 1. The van der Waals surface area contributed by atoms with Crippen LogP contribution in [-0.4, -0.2) is 23.1 Å². The van der Waals surface area contributed by atoms with Crippen molar-refractivity contribution in [3.63, 3.8) is 0 Å². The van der Waals surface area contributed by atoms with Crippen LogP contribution in [0.5, 0.6) is 5.75 Å².